The average molecular weight is 612 g/mol. The van der Waals surface area contributed by atoms with E-state index in [1.165, 1.54) is 22.9 Å². The van der Waals surface area contributed by atoms with Gasteiger partial charge in [0.2, 0.25) is 11.9 Å². The SMILES string of the molecule is CSc1ncnc2nn([C@@H]3O[C@H](COC(=O)c4ccccc4)[C@@H](OC(=O)c4ccccc4)[C@H]3OC(=O)c3ccccc3)nc12. The Bertz CT molecular complexity index is 1770. The van der Waals surface area contributed by atoms with Gasteiger partial charge >= 0.3 is 17.9 Å². The van der Waals surface area contributed by atoms with Gasteiger partial charge in [-0.25, -0.2) is 24.4 Å². The second kappa shape index (κ2) is 13.0. The molecule has 1 aliphatic rings. The van der Waals surface area contributed by atoms with Crippen LogP contribution in [-0.4, -0.2) is 74.0 Å². The van der Waals surface area contributed by atoms with E-state index in [0.717, 1.165) is 0 Å². The maximum atomic E-state index is 13.3. The summed E-state index contributed by atoms with van der Waals surface area (Å²) in [7, 11) is 0. The first-order valence-electron chi connectivity index (χ1n) is 13.5. The van der Waals surface area contributed by atoms with Crippen LogP contribution < -0.4 is 0 Å². The van der Waals surface area contributed by atoms with E-state index in [4.69, 9.17) is 18.9 Å². The number of carbonyl (C=O) groups excluding carboxylic acids is 3. The number of fused-ring (bicyclic) bond motifs is 1. The van der Waals surface area contributed by atoms with Gasteiger partial charge in [-0.2, -0.15) is 0 Å². The minimum atomic E-state index is -1.25. The molecule has 0 bridgehead atoms. The van der Waals surface area contributed by atoms with Crippen LogP contribution in [0.15, 0.2) is 102 Å². The minimum Gasteiger partial charge on any atom is -0.459 e. The molecule has 1 fully saturated rings. The van der Waals surface area contributed by atoms with Crippen LogP contribution in [0, 0.1) is 0 Å². The van der Waals surface area contributed by atoms with E-state index < -0.39 is 42.4 Å². The van der Waals surface area contributed by atoms with Crippen LogP contribution in [0.4, 0.5) is 0 Å². The predicted octanol–water partition coefficient (Wildman–Crippen LogP) is 4.15. The fourth-order valence-electron chi connectivity index (χ4n) is 4.64. The van der Waals surface area contributed by atoms with E-state index in [0.29, 0.717) is 16.1 Å². The number of carbonyl (C=O) groups is 3. The van der Waals surface area contributed by atoms with E-state index in [1.54, 1.807) is 91.0 Å². The van der Waals surface area contributed by atoms with Crippen molar-refractivity contribution in [3.63, 3.8) is 0 Å². The van der Waals surface area contributed by atoms with Crippen LogP contribution in [0.3, 0.4) is 0 Å². The first-order chi connectivity index (χ1) is 21.5. The van der Waals surface area contributed by atoms with Gasteiger partial charge in [0.1, 0.15) is 24.1 Å². The van der Waals surface area contributed by atoms with Crippen molar-refractivity contribution in [3.05, 3.63) is 114 Å². The molecule has 13 heteroatoms. The Morgan fingerprint density at radius 3 is 1.86 bits per heavy atom. The van der Waals surface area contributed by atoms with Gasteiger partial charge in [-0.15, -0.1) is 26.8 Å². The Kier molecular flexibility index (Phi) is 8.57. The quantitative estimate of drug-likeness (QED) is 0.102. The lowest BCUT2D eigenvalue weighted by molar-refractivity contribution is -0.0728. The Hall–Kier alpha value is -5.14. The van der Waals surface area contributed by atoms with E-state index in [9.17, 15) is 14.4 Å². The second-order valence-electron chi connectivity index (χ2n) is 9.58. The highest BCUT2D eigenvalue weighted by molar-refractivity contribution is 7.98. The summed E-state index contributed by atoms with van der Waals surface area (Å²) in [5.41, 5.74) is 1.57. The van der Waals surface area contributed by atoms with Crippen LogP contribution in [0.2, 0.25) is 0 Å². The summed E-state index contributed by atoms with van der Waals surface area (Å²) in [4.78, 5) is 49.1. The molecule has 0 aliphatic carbocycles. The van der Waals surface area contributed by atoms with Crippen molar-refractivity contribution in [2.45, 2.75) is 29.6 Å². The summed E-state index contributed by atoms with van der Waals surface area (Å²) in [6.45, 7) is -0.326. The lowest BCUT2D eigenvalue weighted by atomic mass is 10.1. The normalized spacial score (nSPS) is 19.4. The molecular formula is C31H25N5O7S. The number of ether oxygens (including phenoxy) is 4. The molecule has 0 amide bonds. The Balaban J connectivity index is 1.37. The molecule has 0 N–H and O–H groups in total. The molecule has 0 unspecified atom stereocenters. The largest absolute Gasteiger partial charge is 0.459 e. The van der Waals surface area contributed by atoms with Gasteiger partial charge in [0.05, 0.1) is 16.7 Å². The number of esters is 3. The highest BCUT2D eigenvalue weighted by Gasteiger charge is 2.52. The number of hydrogen-bond acceptors (Lipinski definition) is 12. The van der Waals surface area contributed by atoms with Crippen molar-refractivity contribution in [1.29, 1.82) is 0 Å². The molecule has 1 saturated heterocycles. The zero-order valence-electron chi connectivity index (χ0n) is 23.3. The highest BCUT2D eigenvalue weighted by atomic mass is 32.2. The van der Waals surface area contributed by atoms with Crippen LogP contribution >= 0.6 is 11.8 Å². The molecule has 0 saturated carbocycles. The molecule has 44 heavy (non-hydrogen) atoms. The Morgan fingerprint density at radius 1 is 0.750 bits per heavy atom. The first kappa shape index (κ1) is 29.0. The zero-order valence-corrected chi connectivity index (χ0v) is 24.1. The lowest BCUT2D eigenvalue weighted by Gasteiger charge is -2.24. The first-order valence-corrected chi connectivity index (χ1v) is 14.8. The fourth-order valence-corrected chi connectivity index (χ4v) is 5.12. The van der Waals surface area contributed by atoms with Gasteiger partial charge in [0.15, 0.2) is 17.7 Å². The lowest BCUT2D eigenvalue weighted by Crippen LogP contribution is -2.41. The molecule has 3 aromatic carbocycles. The smallest absolute Gasteiger partial charge is 0.338 e. The summed E-state index contributed by atoms with van der Waals surface area (Å²) < 4.78 is 23.8. The maximum Gasteiger partial charge on any atom is 0.338 e. The topological polar surface area (TPSA) is 145 Å². The second-order valence-corrected chi connectivity index (χ2v) is 10.4. The summed E-state index contributed by atoms with van der Waals surface area (Å²) in [5, 5.41) is 9.58. The number of nitrogens with zero attached hydrogens (tertiary/aromatic N) is 5. The van der Waals surface area contributed by atoms with Crippen molar-refractivity contribution in [1.82, 2.24) is 25.0 Å². The fraction of sp³-hybridized carbons (Fsp3) is 0.194. The monoisotopic (exact) mass is 611 g/mol. The predicted molar refractivity (Wildman–Crippen MR) is 157 cm³/mol. The molecule has 2 aromatic heterocycles. The van der Waals surface area contributed by atoms with Gasteiger partial charge in [0, 0.05) is 0 Å². The van der Waals surface area contributed by atoms with Crippen LogP contribution in [0.5, 0.6) is 0 Å². The molecule has 3 heterocycles. The van der Waals surface area contributed by atoms with Crippen LogP contribution in [0.1, 0.15) is 37.3 Å². The summed E-state index contributed by atoms with van der Waals surface area (Å²) in [5.74, 6) is -1.98. The van der Waals surface area contributed by atoms with Gasteiger partial charge < -0.3 is 18.9 Å². The van der Waals surface area contributed by atoms with Crippen LogP contribution in [-0.2, 0) is 18.9 Å². The molecule has 5 aromatic rings. The molecule has 12 nitrogen and oxygen atoms in total. The van der Waals surface area contributed by atoms with E-state index in [-0.39, 0.29) is 23.4 Å². The zero-order chi connectivity index (χ0) is 30.5. The highest BCUT2D eigenvalue weighted by Crippen LogP contribution is 2.35. The van der Waals surface area contributed by atoms with Gasteiger partial charge in [-0.3, -0.25) is 0 Å². The van der Waals surface area contributed by atoms with E-state index in [2.05, 4.69) is 20.2 Å². The standard InChI is InChI=1S/C31H25N5O7S/c1-44-27-23-26(32-18-33-27)35-36(34-23)28-25(43-31(39)21-15-9-4-10-16-21)24(42-30(38)20-13-7-3-8-14-20)22(41-28)17-40-29(37)19-11-5-2-6-12-19/h2-16,18,22,24-25,28H,17H2,1H3/t22-,24-,25-,28-/m1/s1. The van der Waals surface area contributed by atoms with Crippen molar-refractivity contribution in [2.24, 2.45) is 0 Å². The van der Waals surface area contributed by atoms with Crippen molar-refractivity contribution in [2.75, 3.05) is 12.9 Å². The van der Waals surface area contributed by atoms with Gasteiger partial charge in [0.25, 0.3) is 0 Å². The maximum absolute atomic E-state index is 13.3. The molecule has 6 rings (SSSR count). The summed E-state index contributed by atoms with van der Waals surface area (Å²) in [6, 6.07) is 25.1. The Labute approximate surface area is 255 Å². The van der Waals surface area contributed by atoms with Gasteiger partial charge in [-0.05, 0) is 42.7 Å². The van der Waals surface area contributed by atoms with Crippen molar-refractivity contribution in [3.8, 4) is 0 Å². The molecule has 222 valence electrons. The van der Waals surface area contributed by atoms with E-state index in [1.807, 2.05) is 6.26 Å². The minimum absolute atomic E-state index is 0.270. The third kappa shape index (κ3) is 6.14. The Morgan fingerprint density at radius 2 is 1.30 bits per heavy atom. The third-order valence-corrected chi connectivity index (χ3v) is 7.45. The van der Waals surface area contributed by atoms with Crippen LogP contribution in [0.25, 0.3) is 11.2 Å². The van der Waals surface area contributed by atoms with E-state index >= 15 is 0 Å². The molecule has 0 radical (unpaired) electrons. The van der Waals surface area contributed by atoms with Crippen molar-refractivity contribution >= 4 is 40.8 Å². The summed E-state index contributed by atoms with van der Waals surface area (Å²) in [6.07, 6.45) is -1.50. The molecule has 1 aliphatic heterocycles. The number of rotatable bonds is 9. The number of benzene rings is 3. The molecular weight excluding hydrogens is 586 g/mol. The summed E-state index contributed by atoms with van der Waals surface area (Å²) >= 11 is 1.36. The number of thioether (sulfide) groups is 1. The van der Waals surface area contributed by atoms with Gasteiger partial charge in [-0.1, -0.05) is 54.6 Å². The third-order valence-electron chi connectivity index (χ3n) is 6.77. The number of aromatic nitrogens is 5. The molecule has 0 spiro atoms. The number of hydrogen-bond donors (Lipinski definition) is 0. The van der Waals surface area contributed by atoms with Crippen molar-refractivity contribution < 1.29 is 33.3 Å². The molecule has 4 atom stereocenters. The average Bonchev–Trinajstić information content (AvgIpc) is 3.66.